The summed E-state index contributed by atoms with van der Waals surface area (Å²) in [7, 11) is 4.02. The topological polar surface area (TPSA) is 30.3 Å². The molecule has 0 radical (unpaired) electrons. The number of imidazole rings is 1. The molecule has 0 aliphatic carbocycles. The van der Waals surface area contributed by atoms with Gasteiger partial charge in [-0.15, -0.1) is 0 Å². The zero-order valence-corrected chi connectivity index (χ0v) is 16.2. The fourth-order valence-corrected chi connectivity index (χ4v) is 2.57. The Morgan fingerprint density at radius 1 is 1.40 bits per heavy atom. The third-order valence-corrected chi connectivity index (χ3v) is 4.15. The van der Waals surface area contributed by atoms with Gasteiger partial charge in [0.1, 0.15) is 5.75 Å². The van der Waals surface area contributed by atoms with Crippen LogP contribution < -0.4 is 20.3 Å². The SMILES string of the molecule is C=C(C=c1c(=CC)ncn1C)N(C)c1cc(OCC(C)C)ccc1C. The molecule has 0 unspecified atom stereocenters. The van der Waals surface area contributed by atoms with Crippen molar-refractivity contribution in [3.63, 3.8) is 0 Å². The van der Waals surface area contributed by atoms with Crippen molar-refractivity contribution in [3.8, 4) is 5.75 Å². The Balaban J connectivity index is 2.33. The summed E-state index contributed by atoms with van der Waals surface area (Å²) in [5.41, 5.74) is 3.17. The largest absolute Gasteiger partial charge is 0.493 e. The fraction of sp³-hybridized carbons (Fsp3) is 0.381. The highest BCUT2D eigenvalue weighted by molar-refractivity contribution is 5.65. The van der Waals surface area contributed by atoms with Crippen molar-refractivity contribution in [3.05, 3.63) is 53.1 Å². The number of ether oxygens (including phenoxy) is 1. The molecule has 1 heterocycles. The molecular formula is C21H29N3O. The third kappa shape index (κ3) is 4.53. The number of benzene rings is 1. The van der Waals surface area contributed by atoms with Gasteiger partial charge in [-0.05, 0) is 37.5 Å². The van der Waals surface area contributed by atoms with E-state index in [0.717, 1.165) is 27.8 Å². The third-order valence-electron chi connectivity index (χ3n) is 4.15. The average molecular weight is 339 g/mol. The van der Waals surface area contributed by atoms with Crippen LogP contribution in [0.15, 0.2) is 36.8 Å². The molecule has 2 aromatic rings. The van der Waals surface area contributed by atoms with E-state index in [4.69, 9.17) is 4.74 Å². The molecule has 4 heteroatoms. The standard InChI is InChI=1S/C21H29N3O/c1-8-19-21(23(6)14-22-19)11-17(5)24(7)20-12-18(10-9-16(20)4)25-13-15(2)3/h8-12,14-15H,5,13H2,1-4,6-7H3. The van der Waals surface area contributed by atoms with E-state index in [0.29, 0.717) is 12.5 Å². The monoisotopic (exact) mass is 339 g/mol. The highest BCUT2D eigenvalue weighted by Crippen LogP contribution is 2.27. The van der Waals surface area contributed by atoms with Gasteiger partial charge in [-0.3, -0.25) is 0 Å². The van der Waals surface area contributed by atoms with E-state index in [1.54, 1.807) is 0 Å². The summed E-state index contributed by atoms with van der Waals surface area (Å²) in [6.07, 6.45) is 5.88. The van der Waals surface area contributed by atoms with Gasteiger partial charge in [0.2, 0.25) is 0 Å². The molecule has 0 saturated carbocycles. The van der Waals surface area contributed by atoms with E-state index < -0.39 is 0 Å². The van der Waals surface area contributed by atoms with E-state index >= 15 is 0 Å². The maximum atomic E-state index is 5.87. The zero-order valence-electron chi connectivity index (χ0n) is 16.2. The van der Waals surface area contributed by atoms with Crippen LogP contribution in [0.3, 0.4) is 0 Å². The van der Waals surface area contributed by atoms with Crippen molar-refractivity contribution in [2.75, 3.05) is 18.6 Å². The minimum atomic E-state index is 0.499. The summed E-state index contributed by atoms with van der Waals surface area (Å²) >= 11 is 0. The minimum absolute atomic E-state index is 0.499. The zero-order chi connectivity index (χ0) is 18.6. The molecule has 134 valence electrons. The van der Waals surface area contributed by atoms with Gasteiger partial charge in [0.25, 0.3) is 0 Å². The van der Waals surface area contributed by atoms with Crippen LogP contribution in [0.25, 0.3) is 12.2 Å². The smallest absolute Gasteiger partial charge is 0.121 e. The lowest BCUT2D eigenvalue weighted by atomic mass is 10.1. The maximum absolute atomic E-state index is 5.87. The second-order valence-corrected chi connectivity index (χ2v) is 6.76. The molecular weight excluding hydrogens is 310 g/mol. The number of rotatable bonds is 6. The first kappa shape index (κ1) is 18.8. The van der Waals surface area contributed by atoms with Crippen LogP contribution in [0.5, 0.6) is 5.75 Å². The Labute approximate surface area is 150 Å². The molecule has 25 heavy (non-hydrogen) atoms. The molecule has 4 nitrogen and oxygen atoms in total. The summed E-state index contributed by atoms with van der Waals surface area (Å²) in [4.78, 5) is 6.48. The molecule has 0 atom stereocenters. The number of hydrogen-bond donors (Lipinski definition) is 0. The predicted molar refractivity (Wildman–Crippen MR) is 106 cm³/mol. The Morgan fingerprint density at radius 3 is 2.76 bits per heavy atom. The average Bonchev–Trinajstić information content (AvgIpc) is 2.93. The minimum Gasteiger partial charge on any atom is -0.493 e. The highest BCUT2D eigenvalue weighted by atomic mass is 16.5. The fourth-order valence-electron chi connectivity index (χ4n) is 2.57. The summed E-state index contributed by atoms with van der Waals surface area (Å²) in [5, 5.41) is 2.01. The van der Waals surface area contributed by atoms with Gasteiger partial charge in [0.15, 0.2) is 0 Å². The Kier molecular flexibility index (Phi) is 6.07. The number of allylic oxidation sites excluding steroid dienone is 1. The molecule has 2 rings (SSSR count). The van der Waals surface area contributed by atoms with E-state index in [1.807, 2.05) is 44.1 Å². The van der Waals surface area contributed by atoms with Crippen LogP contribution in [-0.2, 0) is 7.05 Å². The lowest BCUT2D eigenvalue weighted by Crippen LogP contribution is -2.30. The van der Waals surface area contributed by atoms with E-state index in [9.17, 15) is 0 Å². The first-order chi connectivity index (χ1) is 11.8. The van der Waals surface area contributed by atoms with Gasteiger partial charge in [0, 0.05) is 31.5 Å². The van der Waals surface area contributed by atoms with E-state index in [1.165, 1.54) is 5.56 Å². The molecule has 0 aliphatic heterocycles. The van der Waals surface area contributed by atoms with Crippen LogP contribution in [0.1, 0.15) is 26.3 Å². The Hall–Kier alpha value is -2.49. The molecule has 1 aromatic heterocycles. The molecule has 0 spiro atoms. The predicted octanol–water partition coefficient (Wildman–Crippen LogP) is 2.99. The van der Waals surface area contributed by atoms with Crippen molar-refractivity contribution in [2.45, 2.75) is 27.7 Å². The number of aromatic nitrogens is 2. The van der Waals surface area contributed by atoms with Crippen LogP contribution in [0, 0.1) is 12.8 Å². The Morgan fingerprint density at radius 2 is 2.12 bits per heavy atom. The summed E-state index contributed by atoms with van der Waals surface area (Å²) in [6.45, 7) is 13.3. The molecule has 0 aliphatic rings. The van der Waals surface area contributed by atoms with Gasteiger partial charge in [-0.1, -0.05) is 32.6 Å². The molecule has 0 saturated heterocycles. The number of hydrogen-bond acceptors (Lipinski definition) is 3. The molecule has 0 N–H and O–H groups in total. The second kappa shape index (κ2) is 8.06. The van der Waals surface area contributed by atoms with Crippen LogP contribution in [0.4, 0.5) is 5.69 Å². The van der Waals surface area contributed by atoms with E-state index in [2.05, 4.69) is 55.4 Å². The van der Waals surface area contributed by atoms with Crippen LogP contribution >= 0.6 is 0 Å². The van der Waals surface area contributed by atoms with Crippen LogP contribution in [0.2, 0.25) is 0 Å². The van der Waals surface area contributed by atoms with Gasteiger partial charge < -0.3 is 14.2 Å². The van der Waals surface area contributed by atoms with Crippen molar-refractivity contribution < 1.29 is 4.74 Å². The van der Waals surface area contributed by atoms with Crippen molar-refractivity contribution >= 4 is 17.8 Å². The van der Waals surface area contributed by atoms with Crippen LogP contribution in [-0.4, -0.2) is 23.2 Å². The maximum Gasteiger partial charge on any atom is 0.121 e. The number of aryl methyl sites for hydroxylation is 2. The highest BCUT2D eigenvalue weighted by Gasteiger charge is 2.09. The molecule has 0 bridgehead atoms. The lowest BCUT2D eigenvalue weighted by Gasteiger charge is -2.23. The summed E-state index contributed by atoms with van der Waals surface area (Å²) < 4.78 is 7.87. The van der Waals surface area contributed by atoms with Gasteiger partial charge in [0.05, 0.1) is 23.6 Å². The number of anilines is 1. The molecule has 0 amide bonds. The Bertz CT molecular complexity index is 862. The number of nitrogens with zero attached hydrogens (tertiary/aromatic N) is 3. The molecule has 1 aromatic carbocycles. The van der Waals surface area contributed by atoms with Gasteiger partial charge >= 0.3 is 0 Å². The van der Waals surface area contributed by atoms with Crippen molar-refractivity contribution in [2.24, 2.45) is 13.0 Å². The summed E-state index contributed by atoms with van der Waals surface area (Å²) in [6, 6.07) is 6.18. The first-order valence-corrected chi connectivity index (χ1v) is 8.65. The quantitative estimate of drug-likeness (QED) is 0.810. The molecule has 0 fully saturated rings. The normalized spacial score (nSPS) is 12.8. The van der Waals surface area contributed by atoms with Gasteiger partial charge in [-0.25, -0.2) is 4.98 Å². The van der Waals surface area contributed by atoms with Crippen molar-refractivity contribution in [1.82, 2.24) is 9.55 Å². The van der Waals surface area contributed by atoms with Gasteiger partial charge in [-0.2, -0.15) is 0 Å². The van der Waals surface area contributed by atoms with Crippen molar-refractivity contribution in [1.29, 1.82) is 0 Å². The second-order valence-electron chi connectivity index (χ2n) is 6.76. The van der Waals surface area contributed by atoms with E-state index in [-0.39, 0.29) is 0 Å². The lowest BCUT2D eigenvalue weighted by molar-refractivity contribution is 0.271. The summed E-state index contributed by atoms with van der Waals surface area (Å²) in [5.74, 6) is 1.39. The first-order valence-electron chi connectivity index (χ1n) is 8.65.